The van der Waals surface area contributed by atoms with Crippen LogP contribution in [0, 0.1) is 0 Å². The maximum atomic E-state index is 12.5. The van der Waals surface area contributed by atoms with Crippen LogP contribution in [-0.4, -0.2) is 48.3 Å². The Balaban J connectivity index is 1.83. The average molecular weight is 263 g/mol. The van der Waals surface area contributed by atoms with E-state index in [1.165, 1.54) is 0 Å². The van der Waals surface area contributed by atoms with Crippen LogP contribution in [0.15, 0.2) is 18.2 Å². The van der Waals surface area contributed by atoms with Crippen molar-refractivity contribution < 1.29 is 19.4 Å². The van der Waals surface area contributed by atoms with Crippen LogP contribution in [-0.2, 0) is 0 Å². The van der Waals surface area contributed by atoms with E-state index in [0.717, 1.165) is 0 Å². The Morgan fingerprint density at radius 2 is 1.95 bits per heavy atom. The highest BCUT2D eigenvalue weighted by Crippen LogP contribution is 2.34. The molecule has 2 aliphatic heterocycles. The Hall–Kier alpha value is -1.75. The van der Waals surface area contributed by atoms with Crippen LogP contribution in [0.25, 0.3) is 0 Å². The van der Waals surface area contributed by atoms with E-state index < -0.39 is 0 Å². The molecule has 0 atom stereocenters. The molecule has 0 bridgehead atoms. The van der Waals surface area contributed by atoms with Crippen LogP contribution in [0.5, 0.6) is 11.5 Å². The van der Waals surface area contributed by atoms with Crippen LogP contribution in [0.2, 0.25) is 0 Å². The van der Waals surface area contributed by atoms with E-state index in [2.05, 4.69) is 0 Å². The summed E-state index contributed by atoms with van der Waals surface area (Å²) in [5.74, 6) is 1.13. The monoisotopic (exact) mass is 263 g/mol. The number of piperidine rings is 1. The predicted molar refractivity (Wildman–Crippen MR) is 68.6 cm³/mol. The lowest BCUT2D eigenvalue weighted by atomic mass is 10.1. The topological polar surface area (TPSA) is 59.0 Å². The third-order valence-electron chi connectivity index (χ3n) is 3.55. The Bertz CT molecular complexity index is 480. The Labute approximate surface area is 111 Å². The number of carbonyl (C=O) groups is 1. The molecule has 19 heavy (non-hydrogen) atoms. The molecule has 2 aliphatic rings. The molecule has 0 spiro atoms. The Morgan fingerprint density at radius 1 is 1.21 bits per heavy atom. The number of likely N-dealkylation sites (tertiary alicyclic amines) is 1. The average Bonchev–Trinajstić information content (AvgIpc) is 2.47. The van der Waals surface area contributed by atoms with Gasteiger partial charge >= 0.3 is 0 Å². The van der Waals surface area contributed by atoms with Crippen molar-refractivity contribution in [3.63, 3.8) is 0 Å². The molecule has 0 aromatic heterocycles. The van der Waals surface area contributed by atoms with Crippen molar-refractivity contribution in [1.82, 2.24) is 4.90 Å². The number of fused-ring (bicyclic) bond motifs is 1. The standard InChI is InChI=1S/C14H17NO4/c16-10-4-6-15(7-5-10)14(17)11-2-1-3-12-13(11)19-9-8-18-12/h1-3,10,16H,4-9H2. The zero-order chi connectivity index (χ0) is 13.2. The van der Waals surface area contributed by atoms with Gasteiger partial charge in [0.25, 0.3) is 5.91 Å². The van der Waals surface area contributed by atoms with Gasteiger partial charge in [-0.15, -0.1) is 0 Å². The molecule has 1 N–H and O–H groups in total. The van der Waals surface area contributed by atoms with Crippen LogP contribution in [0.1, 0.15) is 23.2 Å². The summed E-state index contributed by atoms with van der Waals surface area (Å²) in [5.41, 5.74) is 0.550. The number of aliphatic hydroxyl groups is 1. The van der Waals surface area contributed by atoms with Gasteiger partial charge in [-0.05, 0) is 25.0 Å². The minimum atomic E-state index is -0.284. The normalized spacial score (nSPS) is 19.3. The summed E-state index contributed by atoms with van der Waals surface area (Å²) in [7, 11) is 0. The zero-order valence-corrected chi connectivity index (χ0v) is 10.7. The van der Waals surface area contributed by atoms with Crippen molar-refractivity contribution in [2.75, 3.05) is 26.3 Å². The first kappa shape index (κ1) is 12.3. The smallest absolute Gasteiger partial charge is 0.257 e. The van der Waals surface area contributed by atoms with Gasteiger partial charge in [-0.2, -0.15) is 0 Å². The third-order valence-corrected chi connectivity index (χ3v) is 3.55. The number of hydrogen-bond donors (Lipinski definition) is 1. The highest BCUT2D eigenvalue weighted by atomic mass is 16.6. The molecule has 0 aliphatic carbocycles. The van der Waals surface area contributed by atoms with Crippen LogP contribution < -0.4 is 9.47 Å². The highest BCUT2D eigenvalue weighted by Gasteiger charge is 2.27. The fourth-order valence-electron chi connectivity index (χ4n) is 2.48. The van der Waals surface area contributed by atoms with Crippen molar-refractivity contribution in [3.05, 3.63) is 23.8 Å². The summed E-state index contributed by atoms with van der Waals surface area (Å²) in [6, 6.07) is 5.38. The van der Waals surface area contributed by atoms with E-state index in [1.807, 2.05) is 6.07 Å². The van der Waals surface area contributed by atoms with Gasteiger partial charge in [-0.1, -0.05) is 6.07 Å². The van der Waals surface area contributed by atoms with Gasteiger partial charge in [0.1, 0.15) is 13.2 Å². The van der Waals surface area contributed by atoms with E-state index in [0.29, 0.717) is 56.2 Å². The lowest BCUT2D eigenvalue weighted by molar-refractivity contribution is 0.0539. The first-order valence-electron chi connectivity index (χ1n) is 6.61. The lowest BCUT2D eigenvalue weighted by Crippen LogP contribution is -2.40. The van der Waals surface area contributed by atoms with E-state index in [1.54, 1.807) is 17.0 Å². The second-order valence-corrected chi connectivity index (χ2v) is 4.85. The van der Waals surface area contributed by atoms with Crippen molar-refractivity contribution >= 4 is 5.91 Å². The number of benzene rings is 1. The van der Waals surface area contributed by atoms with Gasteiger partial charge in [0.2, 0.25) is 0 Å². The van der Waals surface area contributed by atoms with Crippen LogP contribution in [0.4, 0.5) is 0 Å². The molecule has 1 amide bonds. The van der Waals surface area contributed by atoms with Crippen molar-refractivity contribution in [2.45, 2.75) is 18.9 Å². The number of hydrogen-bond acceptors (Lipinski definition) is 4. The molecule has 5 heteroatoms. The number of aliphatic hydroxyl groups excluding tert-OH is 1. The van der Waals surface area contributed by atoms with Crippen LogP contribution in [0.3, 0.4) is 0 Å². The number of para-hydroxylation sites is 1. The van der Waals surface area contributed by atoms with E-state index in [9.17, 15) is 9.90 Å². The highest BCUT2D eigenvalue weighted by molar-refractivity contribution is 5.98. The van der Waals surface area contributed by atoms with E-state index in [4.69, 9.17) is 9.47 Å². The molecule has 0 unspecified atom stereocenters. The Morgan fingerprint density at radius 3 is 2.74 bits per heavy atom. The number of carbonyl (C=O) groups excluding carboxylic acids is 1. The van der Waals surface area contributed by atoms with Gasteiger partial charge in [0.15, 0.2) is 11.5 Å². The molecular formula is C14H17NO4. The summed E-state index contributed by atoms with van der Waals surface area (Å²) < 4.78 is 11.0. The molecule has 1 saturated heterocycles. The van der Waals surface area contributed by atoms with Crippen molar-refractivity contribution in [3.8, 4) is 11.5 Å². The minimum absolute atomic E-state index is 0.0470. The summed E-state index contributed by atoms with van der Waals surface area (Å²) in [5, 5.41) is 9.49. The zero-order valence-electron chi connectivity index (χ0n) is 10.7. The van der Waals surface area contributed by atoms with Gasteiger partial charge in [-0.25, -0.2) is 0 Å². The molecule has 5 nitrogen and oxygen atoms in total. The second-order valence-electron chi connectivity index (χ2n) is 4.85. The maximum absolute atomic E-state index is 12.5. The molecule has 102 valence electrons. The first-order valence-corrected chi connectivity index (χ1v) is 6.61. The van der Waals surface area contributed by atoms with Crippen LogP contribution >= 0.6 is 0 Å². The maximum Gasteiger partial charge on any atom is 0.257 e. The molecule has 1 aromatic rings. The first-order chi connectivity index (χ1) is 9.25. The number of nitrogens with zero attached hydrogens (tertiary/aromatic N) is 1. The minimum Gasteiger partial charge on any atom is -0.486 e. The van der Waals surface area contributed by atoms with Gasteiger partial charge < -0.3 is 19.5 Å². The summed E-state index contributed by atoms with van der Waals surface area (Å²) in [6.45, 7) is 2.16. The van der Waals surface area contributed by atoms with E-state index >= 15 is 0 Å². The fraction of sp³-hybridized carbons (Fsp3) is 0.500. The summed E-state index contributed by atoms with van der Waals surface area (Å²) in [6.07, 6.45) is 0.990. The molecule has 1 fully saturated rings. The number of amides is 1. The quantitative estimate of drug-likeness (QED) is 0.823. The van der Waals surface area contributed by atoms with Gasteiger partial charge in [0, 0.05) is 13.1 Å². The third kappa shape index (κ3) is 2.38. The number of rotatable bonds is 1. The van der Waals surface area contributed by atoms with Crippen molar-refractivity contribution in [1.29, 1.82) is 0 Å². The summed E-state index contributed by atoms with van der Waals surface area (Å²) >= 11 is 0. The Kier molecular flexibility index (Phi) is 3.29. The molecule has 2 heterocycles. The van der Waals surface area contributed by atoms with Gasteiger partial charge in [-0.3, -0.25) is 4.79 Å². The molecule has 0 saturated carbocycles. The molecular weight excluding hydrogens is 246 g/mol. The predicted octanol–water partition coefficient (Wildman–Crippen LogP) is 1.05. The second kappa shape index (κ2) is 5.09. The van der Waals surface area contributed by atoms with Gasteiger partial charge in [0.05, 0.1) is 11.7 Å². The SMILES string of the molecule is O=C(c1cccc2c1OCCO2)N1CCC(O)CC1. The lowest BCUT2D eigenvalue weighted by Gasteiger charge is -2.30. The molecule has 1 aromatic carbocycles. The number of ether oxygens (including phenoxy) is 2. The largest absolute Gasteiger partial charge is 0.486 e. The van der Waals surface area contributed by atoms with E-state index in [-0.39, 0.29) is 12.0 Å². The molecule has 3 rings (SSSR count). The molecule has 0 radical (unpaired) electrons. The summed E-state index contributed by atoms with van der Waals surface area (Å²) in [4.78, 5) is 14.3. The van der Waals surface area contributed by atoms with Crippen molar-refractivity contribution in [2.24, 2.45) is 0 Å². The fourth-order valence-corrected chi connectivity index (χ4v) is 2.48.